The molecule has 3 aromatic carbocycles. The van der Waals surface area contributed by atoms with Gasteiger partial charge in [-0.25, -0.2) is 4.79 Å². The molecule has 5 nitrogen and oxygen atoms in total. The molecule has 2 N–H and O–H groups in total. The van der Waals surface area contributed by atoms with Gasteiger partial charge in [0.15, 0.2) is 0 Å². The molecule has 0 bridgehead atoms. The first-order valence-electron chi connectivity index (χ1n) is 13.0. The first-order chi connectivity index (χ1) is 17.4. The standard InChI is InChI=1S/C31H34N2O3/c1-20(2)29(31(35)36)33-19-25-9-8-24(18-28(25)30(33)34)23-12-16-27(17-13-23)32-26-14-10-22(11-15-26)21-6-4-3-5-7-21/h8-18,20-21,29,32H,3-7,19H2,1-2H3,(H,35,36). The van der Waals surface area contributed by atoms with Gasteiger partial charge in [0.1, 0.15) is 6.04 Å². The number of nitrogens with one attached hydrogen (secondary N) is 1. The highest BCUT2D eigenvalue weighted by Crippen LogP contribution is 2.34. The monoisotopic (exact) mass is 482 g/mol. The Bertz CT molecular complexity index is 1240. The molecule has 186 valence electrons. The van der Waals surface area contributed by atoms with Crippen molar-refractivity contribution in [2.24, 2.45) is 5.92 Å². The first-order valence-corrected chi connectivity index (χ1v) is 13.0. The second-order valence-electron chi connectivity index (χ2n) is 10.5. The quantitative estimate of drug-likeness (QED) is 0.373. The van der Waals surface area contributed by atoms with Crippen LogP contribution in [0.1, 0.15) is 73.4 Å². The first kappa shape index (κ1) is 24.1. The summed E-state index contributed by atoms with van der Waals surface area (Å²) in [5, 5.41) is 13.1. The van der Waals surface area contributed by atoms with Crippen LogP contribution in [0.4, 0.5) is 11.4 Å². The number of carbonyl (C=O) groups excluding carboxylic acids is 1. The number of amides is 1. The van der Waals surface area contributed by atoms with Crippen molar-refractivity contribution < 1.29 is 14.7 Å². The Labute approximate surface area is 213 Å². The topological polar surface area (TPSA) is 69.6 Å². The summed E-state index contributed by atoms with van der Waals surface area (Å²) in [5.74, 6) is -0.622. The van der Waals surface area contributed by atoms with Crippen molar-refractivity contribution in [2.45, 2.75) is 64.5 Å². The van der Waals surface area contributed by atoms with Gasteiger partial charge in [-0.05, 0) is 77.3 Å². The minimum Gasteiger partial charge on any atom is -0.480 e. The van der Waals surface area contributed by atoms with E-state index in [1.54, 1.807) is 0 Å². The molecule has 0 saturated heterocycles. The van der Waals surface area contributed by atoms with Gasteiger partial charge in [-0.1, -0.05) is 69.5 Å². The van der Waals surface area contributed by atoms with E-state index in [4.69, 9.17) is 0 Å². The Morgan fingerprint density at radius 1 is 0.889 bits per heavy atom. The number of aliphatic carboxylic acids is 1. The van der Waals surface area contributed by atoms with E-state index in [0.717, 1.165) is 28.1 Å². The molecular weight excluding hydrogens is 448 g/mol. The van der Waals surface area contributed by atoms with Gasteiger partial charge in [-0.3, -0.25) is 4.79 Å². The maximum Gasteiger partial charge on any atom is 0.326 e. The van der Waals surface area contributed by atoms with Crippen LogP contribution in [0.2, 0.25) is 0 Å². The SMILES string of the molecule is CC(C)C(C(=O)O)N1Cc2ccc(-c3ccc(Nc4ccc(C5CCCCC5)cc4)cc3)cc2C1=O. The maximum atomic E-state index is 13.1. The molecule has 3 aromatic rings. The van der Waals surface area contributed by atoms with Crippen molar-refractivity contribution >= 4 is 23.3 Å². The highest BCUT2D eigenvalue weighted by Gasteiger charge is 2.38. The van der Waals surface area contributed by atoms with Gasteiger partial charge in [0.2, 0.25) is 0 Å². The number of nitrogens with zero attached hydrogens (tertiary/aromatic N) is 1. The summed E-state index contributed by atoms with van der Waals surface area (Å²) in [6.07, 6.45) is 6.66. The molecule has 2 aliphatic rings. The fraction of sp³-hybridized carbons (Fsp3) is 0.355. The van der Waals surface area contributed by atoms with Gasteiger partial charge < -0.3 is 15.3 Å². The van der Waals surface area contributed by atoms with Crippen LogP contribution in [0.15, 0.2) is 66.7 Å². The van der Waals surface area contributed by atoms with Crippen molar-refractivity contribution in [1.29, 1.82) is 0 Å². The molecule has 5 rings (SSSR count). The van der Waals surface area contributed by atoms with Gasteiger partial charge in [0.25, 0.3) is 5.91 Å². The van der Waals surface area contributed by atoms with Crippen LogP contribution in [0.3, 0.4) is 0 Å². The average molecular weight is 483 g/mol. The number of carbonyl (C=O) groups is 2. The van der Waals surface area contributed by atoms with Crippen molar-refractivity contribution in [2.75, 3.05) is 5.32 Å². The van der Waals surface area contributed by atoms with Gasteiger partial charge in [0.05, 0.1) is 0 Å². The molecule has 0 radical (unpaired) electrons. The molecule has 5 heteroatoms. The fourth-order valence-electron chi connectivity index (χ4n) is 5.69. The van der Waals surface area contributed by atoms with Crippen LogP contribution >= 0.6 is 0 Å². The summed E-state index contributed by atoms with van der Waals surface area (Å²) in [7, 11) is 0. The number of hydrogen-bond donors (Lipinski definition) is 2. The third-order valence-electron chi connectivity index (χ3n) is 7.66. The minimum atomic E-state index is -0.960. The Morgan fingerprint density at radius 3 is 2.11 bits per heavy atom. The molecule has 0 spiro atoms. The zero-order valence-corrected chi connectivity index (χ0v) is 21.0. The van der Waals surface area contributed by atoms with Gasteiger partial charge >= 0.3 is 5.97 Å². The van der Waals surface area contributed by atoms with Crippen molar-refractivity contribution in [1.82, 2.24) is 4.90 Å². The van der Waals surface area contributed by atoms with E-state index in [1.165, 1.54) is 42.6 Å². The van der Waals surface area contributed by atoms with Crippen LogP contribution in [0.25, 0.3) is 11.1 Å². The van der Waals surface area contributed by atoms with Gasteiger partial charge in [-0.2, -0.15) is 0 Å². The largest absolute Gasteiger partial charge is 0.480 e. The van der Waals surface area contributed by atoms with Crippen LogP contribution in [-0.4, -0.2) is 27.9 Å². The zero-order valence-electron chi connectivity index (χ0n) is 21.0. The Balaban J connectivity index is 1.28. The molecular formula is C31H34N2O3. The van der Waals surface area contributed by atoms with E-state index < -0.39 is 12.0 Å². The van der Waals surface area contributed by atoms with Crippen LogP contribution in [0, 0.1) is 5.92 Å². The third kappa shape index (κ3) is 4.88. The number of benzene rings is 3. The van der Waals surface area contributed by atoms with Gasteiger partial charge in [0, 0.05) is 23.5 Å². The predicted molar refractivity (Wildman–Crippen MR) is 144 cm³/mol. The normalized spacial score (nSPS) is 16.8. The molecule has 1 saturated carbocycles. The van der Waals surface area contributed by atoms with Crippen molar-refractivity contribution in [3.63, 3.8) is 0 Å². The zero-order chi connectivity index (χ0) is 25.2. The predicted octanol–water partition coefficient (Wildman–Crippen LogP) is 7.21. The smallest absolute Gasteiger partial charge is 0.326 e. The minimum absolute atomic E-state index is 0.163. The molecule has 1 heterocycles. The van der Waals surface area contributed by atoms with Gasteiger partial charge in [-0.15, -0.1) is 0 Å². The molecule has 1 unspecified atom stereocenters. The lowest BCUT2D eigenvalue weighted by molar-refractivity contribution is -0.144. The summed E-state index contributed by atoms with van der Waals surface area (Å²) in [5.41, 5.74) is 6.97. The number of anilines is 2. The average Bonchev–Trinajstić information content (AvgIpc) is 3.20. The molecule has 1 aliphatic heterocycles. The van der Waals surface area contributed by atoms with Crippen molar-refractivity contribution in [3.05, 3.63) is 83.4 Å². The lowest BCUT2D eigenvalue weighted by Gasteiger charge is -2.27. The number of fused-ring (bicyclic) bond motifs is 1. The van der Waals surface area contributed by atoms with E-state index >= 15 is 0 Å². The number of carboxylic acids is 1. The molecule has 1 atom stereocenters. The van der Waals surface area contributed by atoms with E-state index in [1.807, 2.05) is 56.3 Å². The molecule has 1 aliphatic carbocycles. The number of carboxylic acid groups (broad SMARTS) is 1. The molecule has 1 amide bonds. The highest BCUT2D eigenvalue weighted by molar-refractivity contribution is 6.01. The van der Waals surface area contributed by atoms with E-state index in [0.29, 0.717) is 18.0 Å². The summed E-state index contributed by atoms with van der Waals surface area (Å²) in [6, 6.07) is 22.0. The number of hydrogen-bond acceptors (Lipinski definition) is 3. The summed E-state index contributed by atoms with van der Waals surface area (Å²) >= 11 is 0. The second kappa shape index (κ2) is 10.2. The second-order valence-corrected chi connectivity index (χ2v) is 10.5. The Hall–Kier alpha value is -3.60. The lowest BCUT2D eigenvalue weighted by Crippen LogP contribution is -2.44. The molecule has 1 fully saturated rings. The van der Waals surface area contributed by atoms with Crippen LogP contribution in [-0.2, 0) is 11.3 Å². The van der Waals surface area contributed by atoms with Crippen molar-refractivity contribution in [3.8, 4) is 11.1 Å². The third-order valence-corrected chi connectivity index (χ3v) is 7.66. The van der Waals surface area contributed by atoms with E-state index in [9.17, 15) is 14.7 Å². The summed E-state index contributed by atoms with van der Waals surface area (Å²) < 4.78 is 0. The van der Waals surface area contributed by atoms with E-state index in [2.05, 4.69) is 29.6 Å². The Kier molecular flexibility index (Phi) is 6.82. The maximum absolute atomic E-state index is 13.1. The lowest BCUT2D eigenvalue weighted by atomic mass is 9.84. The summed E-state index contributed by atoms with van der Waals surface area (Å²) in [6.45, 7) is 4.01. The fourth-order valence-corrected chi connectivity index (χ4v) is 5.69. The highest BCUT2D eigenvalue weighted by atomic mass is 16.4. The van der Waals surface area contributed by atoms with E-state index in [-0.39, 0.29) is 11.8 Å². The summed E-state index contributed by atoms with van der Waals surface area (Å²) in [4.78, 5) is 26.3. The number of rotatable bonds is 7. The van der Waals surface area contributed by atoms with Crippen LogP contribution in [0.5, 0.6) is 0 Å². The molecule has 0 aromatic heterocycles. The van der Waals surface area contributed by atoms with Crippen LogP contribution < -0.4 is 5.32 Å². The Morgan fingerprint density at radius 2 is 1.50 bits per heavy atom. The molecule has 36 heavy (non-hydrogen) atoms.